The molecule has 2 amide bonds. The zero-order valence-corrected chi connectivity index (χ0v) is 13.0. The molecular weight excluding hydrogens is 373 g/mol. The predicted molar refractivity (Wildman–Crippen MR) is 79.5 cm³/mol. The third kappa shape index (κ3) is 2.41. The van der Waals surface area contributed by atoms with Crippen LogP contribution in [0.25, 0.3) is 0 Å². The first-order valence-corrected chi connectivity index (χ1v) is 7.82. The number of hydrogen-bond acceptors (Lipinski definition) is 4. The number of fused-ring (bicyclic) bond motifs is 1. The lowest BCUT2D eigenvalue weighted by Gasteiger charge is -2.26. The van der Waals surface area contributed by atoms with Crippen LogP contribution in [0.3, 0.4) is 0 Å². The number of imide groups is 1. The first kappa shape index (κ1) is 13.8. The van der Waals surface area contributed by atoms with Crippen molar-refractivity contribution in [1.82, 2.24) is 5.32 Å². The second-order valence-corrected chi connectivity index (χ2v) is 6.45. The van der Waals surface area contributed by atoms with Crippen molar-refractivity contribution in [2.75, 3.05) is 0 Å². The van der Waals surface area contributed by atoms with Gasteiger partial charge in [0.2, 0.25) is 5.91 Å². The van der Waals surface area contributed by atoms with Crippen molar-refractivity contribution in [2.24, 2.45) is 5.92 Å². The predicted octanol–water partition coefficient (Wildman–Crippen LogP) is 1.79. The van der Waals surface area contributed by atoms with Crippen LogP contribution in [0.4, 0.5) is 0 Å². The molecule has 1 aromatic rings. The van der Waals surface area contributed by atoms with Gasteiger partial charge in [0.15, 0.2) is 0 Å². The molecule has 1 saturated carbocycles. The molecule has 0 bridgehead atoms. The fourth-order valence-electron chi connectivity index (χ4n) is 2.74. The van der Waals surface area contributed by atoms with Crippen LogP contribution in [0.15, 0.2) is 9.21 Å². The minimum Gasteiger partial charge on any atom is -0.426 e. The van der Waals surface area contributed by atoms with Gasteiger partial charge in [-0.2, -0.15) is 0 Å². The summed E-state index contributed by atoms with van der Waals surface area (Å²) in [6, 6.07) is 0. The lowest BCUT2D eigenvalue weighted by molar-refractivity contribution is -0.120. The Balaban J connectivity index is 2.00. The molecule has 0 radical (unpaired) electrons. The molecule has 1 aliphatic carbocycles. The van der Waals surface area contributed by atoms with Crippen LogP contribution in [0, 0.1) is 9.49 Å². The monoisotopic (exact) mass is 387 g/mol. The van der Waals surface area contributed by atoms with Gasteiger partial charge in [-0.1, -0.05) is 19.3 Å². The van der Waals surface area contributed by atoms with E-state index in [1.807, 2.05) is 22.6 Å². The Morgan fingerprint density at radius 2 is 2.00 bits per heavy atom. The molecule has 6 heteroatoms. The third-order valence-corrected chi connectivity index (χ3v) is 5.16. The van der Waals surface area contributed by atoms with Crippen LogP contribution < -0.4 is 10.9 Å². The molecule has 0 spiro atoms. The summed E-state index contributed by atoms with van der Waals surface area (Å²) < 4.78 is 5.58. The average Bonchev–Trinajstić information content (AvgIpc) is 2.31. The lowest BCUT2D eigenvalue weighted by atomic mass is 9.81. The Hall–Kier alpha value is -1.18. The van der Waals surface area contributed by atoms with Gasteiger partial charge in [0.05, 0.1) is 12.0 Å². The second kappa shape index (κ2) is 5.31. The minimum absolute atomic E-state index is 0.0380. The van der Waals surface area contributed by atoms with E-state index in [9.17, 15) is 14.4 Å². The van der Waals surface area contributed by atoms with Crippen LogP contribution in [-0.2, 0) is 17.6 Å². The summed E-state index contributed by atoms with van der Waals surface area (Å²) in [6.45, 7) is 0. The van der Waals surface area contributed by atoms with Crippen molar-refractivity contribution < 1.29 is 14.0 Å². The first-order chi connectivity index (χ1) is 9.56. The molecule has 0 aromatic carbocycles. The maximum Gasteiger partial charge on any atom is 0.349 e. The van der Waals surface area contributed by atoms with Crippen molar-refractivity contribution in [3.8, 4) is 0 Å². The van der Waals surface area contributed by atoms with Gasteiger partial charge < -0.3 is 4.42 Å². The van der Waals surface area contributed by atoms with Crippen LogP contribution >= 0.6 is 22.6 Å². The molecule has 1 aromatic heterocycles. The summed E-state index contributed by atoms with van der Waals surface area (Å²) in [5, 5.41) is 2.29. The molecule has 1 N–H and O–H groups in total. The van der Waals surface area contributed by atoms with E-state index in [4.69, 9.17) is 4.42 Å². The Morgan fingerprint density at radius 3 is 2.65 bits per heavy atom. The van der Waals surface area contributed by atoms with E-state index < -0.39 is 17.4 Å². The Kier molecular flexibility index (Phi) is 3.66. The van der Waals surface area contributed by atoms with Gasteiger partial charge in [0.25, 0.3) is 5.91 Å². The number of nitrogens with one attached hydrogen (secondary N) is 1. The first-order valence-electron chi connectivity index (χ1n) is 6.75. The van der Waals surface area contributed by atoms with Gasteiger partial charge in [-0.05, 0) is 46.9 Å². The number of amides is 2. The summed E-state index contributed by atoms with van der Waals surface area (Å²) in [7, 11) is 0. The van der Waals surface area contributed by atoms with Crippen molar-refractivity contribution >= 4 is 34.4 Å². The number of halogens is 1. The van der Waals surface area contributed by atoms with Crippen LogP contribution in [0.2, 0.25) is 0 Å². The summed E-state index contributed by atoms with van der Waals surface area (Å²) in [4.78, 5) is 35.2. The normalized spacial score (nSPS) is 18.4. The van der Waals surface area contributed by atoms with Crippen molar-refractivity contribution in [3.05, 3.63) is 30.9 Å². The maximum absolute atomic E-state index is 12.0. The van der Waals surface area contributed by atoms with E-state index in [2.05, 4.69) is 5.32 Å². The molecule has 106 valence electrons. The molecule has 5 nitrogen and oxygen atoms in total. The Bertz CT molecular complexity index is 645. The molecule has 0 atom stereocenters. The van der Waals surface area contributed by atoms with Crippen molar-refractivity contribution in [2.45, 2.75) is 38.5 Å². The standard InChI is InChI=1S/C14H14INO4/c15-12-8(5-4-7-2-1-3-7)11-9(20-14(12)19)6-10(17)16-13(11)18/h7H,1-6H2,(H,16,17,18). The van der Waals surface area contributed by atoms with E-state index in [1.165, 1.54) is 19.3 Å². The highest BCUT2D eigenvalue weighted by Crippen LogP contribution is 2.32. The Labute approximate surface area is 129 Å². The van der Waals surface area contributed by atoms with Gasteiger partial charge in [0, 0.05) is 0 Å². The zero-order chi connectivity index (χ0) is 14.3. The quantitative estimate of drug-likeness (QED) is 0.634. The summed E-state index contributed by atoms with van der Waals surface area (Å²) >= 11 is 1.93. The maximum atomic E-state index is 12.0. The van der Waals surface area contributed by atoms with Gasteiger partial charge in [-0.25, -0.2) is 4.79 Å². The molecule has 0 saturated heterocycles. The highest BCUT2D eigenvalue weighted by atomic mass is 127. The molecule has 3 rings (SSSR count). The second-order valence-electron chi connectivity index (χ2n) is 5.37. The zero-order valence-electron chi connectivity index (χ0n) is 10.8. The Morgan fingerprint density at radius 1 is 1.25 bits per heavy atom. The fraction of sp³-hybridized carbons (Fsp3) is 0.500. The van der Waals surface area contributed by atoms with E-state index in [0.717, 1.165) is 12.0 Å². The number of hydrogen-bond donors (Lipinski definition) is 1. The SMILES string of the molecule is O=C1Cc2oc(=O)c(I)c(CCC3CCC3)c2C(=O)N1. The fourth-order valence-corrected chi connectivity index (χ4v) is 3.39. The third-order valence-electron chi connectivity index (χ3n) is 4.07. The topological polar surface area (TPSA) is 76.4 Å². The lowest BCUT2D eigenvalue weighted by Crippen LogP contribution is -2.39. The molecular formula is C14H14INO4. The molecule has 1 aliphatic heterocycles. The van der Waals surface area contributed by atoms with E-state index in [-0.39, 0.29) is 12.2 Å². The van der Waals surface area contributed by atoms with E-state index in [1.54, 1.807) is 0 Å². The average molecular weight is 387 g/mol. The van der Waals surface area contributed by atoms with Crippen LogP contribution in [-0.4, -0.2) is 11.8 Å². The highest BCUT2D eigenvalue weighted by molar-refractivity contribution is 14.1. The van der Waals surface area contributed by atoms with Gasteiger partial charge in [-0.15, -0.1) is 0 Å². The number of carbonyl (C=O) groups excluding carboxylic acids is 2. The van der Waals surface area contributed by atoms with Gasteiger partial charge in [-0.3, -0.25) is 14.9 Å². The van der Waals surface area contributed by atoms with E-state index in [0.29, 0.717) is 21.5 Å². The van der Waals surface area contributed by atoms with Crippen LogP contribution in [0.5, 0.6) is 0 Å². The molecule has 20 heavy (non-hydrogen) atoms. The molecule has 0 unspecified atom stereocenters. The summed E-state index contributed by atoms with van der Waals surface area (Å²) in [6.07, 6.45) is 5.36. The number of rotatable bonds is 3. The van der Waals surface area contributed by atoms with Crippen LogP contribution in [0.1, 0.15) is 47.4 Å². The number of carbonyl (C=O) groups is 2. The smallest absolute Gasteiger partial charge is 0.349 e. The minimum atomic E-state index is -0.449. The van der Waals surface area contributed by atoms with Crippen molar-refractivity contribution in [1.29, 1.82) is 0 Å². The molecule has 2 aliphatic rings. The highest BCUT2D eigenvalue weighted by Gasteiger charge is 2.30. The van der Waals surface area contributed by atoms with Crippen molar-refractivity contribution in [3.63, 3.8) is 0 Å². The summed E-state index contributed by atoms with van der Waals surface area (Å²) in [5.74, 6) is 0.0492. The molecule has 2 heterocycles. The summed E-state index contributed by atoms with van der Waals surface area (Å²) in [5.41, 5.74) is 0.692. The van der Waals surface area contributed by atoms with Gasteiger partial charge in [0.1, 0.15) is 9.33 Å². The van der Waals surface area contributed by atoms with Gasteiger partial charge >= 0.3 is 5.63 Å². The largest absolute Gasteiger partial charge is 0.426 e. The molecule has 1 fully saturated rings. The van der Waals surface area contributed by atoms with E-state index >= 15 is 0 Å².